The van der Waals surface area contributed by atoms with Gasteiger partial charge >= 0.3 is 0 Å². The van der Waals surface area contributed by atoms with Crippen LogP contribution >= 0.6 is 15.9 Å². The molecule has 0 aliphatic carbocycles. The fourth-order valence-electron chi connectivity index (χ4n) is 2.37. The summed E-state index contributed by atoms with van der Waals surface area (Å²) in [5, 5.41) is 3.31. The van der Waals surface area contributed by atoms with Gasteiger partial charge in [0.25, 0.3) is 0 Å². The highest BCUT2D eigenvalue weighted by molar-refractivity contribution is 9.10. The maximum atomic E-state index is 14.3. The maximum absolute atomic E-state index is 14.3. The van der Waals surface area contributed by atoms with Gasteiger partial charge in [-0.1, -0.05) is 13.0 Å². The summed E-state index contributed by atoms with van der Waals surface area (Å²) in [6, 6.07) is 5.21. The van der Waals surface area contributed by atoms with Crippen LogP contribution in [-0.4, -0.2) is 6.54 Å². The van der Waals surface area contributed by atoms with Crippen LogP contribution in [0.5, 0.6) is 0 Å². The Morgan fingerprint density at radius 3 is 2.63 bits per heavy atom. The number of hydrogen-bond donors (Lipinski definition) is 1. The van der Waals surface area contributed by atoms with E-state index in [1.807, 2.05) is 32.9 Å². The van der Waals surface area contributed by atoms with E-state index < -0.39 is 0 Å². The van der Waals surface area contributed by atoms with Crippen LogP contribution in [0.4, 0.5) is 4.39 Å². The molecular weight excluding hydrogens is 309 g/mol. The highest BCUT2D eigenvalue weighted by Crippen LogP contribution is 2.33. The van der Waals surface area contributed by atoms with E-state index in [9.17, 15) is 4.39 Å². The summed E-state index contributed by atoms with van der Waals surface area (Å²) >= 11 is 3.37. The summed E-state index contributed by atoms with van der Waals surface area (Å²) < 4.78 is 20.2. The zero-order valence-corrected chi connectivity index (χ0v) is 12.8. The van der Waals surface area contributed by atoms with Crippen molar-refractivity contribution in [3.8, 4) is 0 Å². The third-order valence-corrected chi connectivity index (χ3v) is 3.78. The quantitative estimate of drug-likeness (QED) is 0.895. The predicted octanol–water partition coefficient (Wildman–Crippen LogP) is 4.50. The second-order valence-electron chi connectivity index (χ2n) is 4.62. The minimum absolute atomic E-state index is 0.184. The number of nitrogens with one attached hydrogen (secondary N) is 1. The normalized spacial score (nSPS) is 12.7. The lowest BCUT2D eigenvalue weighted by atomic mass is 9.94. The number of rotatable bonds is 4. The van der Waals surface area contributed by atoms with Crippen molar-refractivity contribution >= 4 is 15.9 Å². The molecule has 1 heterocycles. The van der Waals surface area contributed by atoms with Crippen molar-refractivity contribution in [3.63, 3.8) is 0 Å². The highest BCUT2D eigenvalue weighted by Gasteiger charge is 2.23. The summed E-state index contributed by atoms with van der Waals surface area (Å²) in [5.41, 5.74) is 3.46. The van der Waals surface area contributed by atoms with Gasteiger partial charge in [-0.2, -0.15) is 0 Å². The Morgan fingerprint density at radius 2 is 2.11 bits per heavy atom. The Bertz CT molecular complexity index is 556. The minimum Gasteiger partial charge on any atom is -0.457 e. The Labute approximate surface area is 121 Å². The Morgan fingerprint density at radius 1 is 1.37 bits per heavy atom. The molecule has 4 heteroatoms. The zero-order valence-electron chi connectivity index (χ0n) is 11.3. The first-order chi connectivity index (χ1) is 9.04. The number of furan rings is 1. The van der Waals surface area contributed by atoms with Crippen LogP contribution in [0.15, 0.2) is 33.5 Å². The first kappa shape index (κ1) is 14.3. The average Bonchev–Trinajstić information content (AvgIpc) is 2.73. The second-order valence-corrected chi connectivity index (χ2v) is 5.34. The fraction of sp³-hybridized carbons (Fsp3) is 0.333. The number of hydrogen-bond acceptors (Lipinski definition) is 2. The molecule has 0 aliphatic rings. The molecule has 0 amide bonds. The van der Waals surface area contributed by atoms with E-state index in [1.54, 1.807) is 12.3 Å². The van der Waals surface area contributed by atoms with Gasteiger partial charge < -0.3 is 9.73 Å². The second kappa shape index (κ2) is 5.88. The fourth-order valence-corrected chi connectivity index (χ4v) is 2.84. The van der Waals surface area contributed by atoms with Gasteiger partial charge in [-0.15, -0.1) is 0 Å². The molecule has 1 aromatic carbocycles. The van der Waals surface area contributed by atoms with Crippen molar-refractivity contribution < 1.29 is 8.81 Å². The SMILES string of the molecule is CCNC(c1ccoc1Br)c1c(C)cc(C)cc1F. The van der Waals surface area contributed by atoms with E-state index in [-0.39, 0.29) is 11.9 Å². The molecule has 0 aliphatic heterocycles. The van der Waals surface area contributed by atoms with Gasteiger partial charge in [0.2, 0.25) is 0 Å². The molecule has 0 saturated heterocycles. The van der Waals surface area contributed by atoms with E-state index in [4.69, 9.17) is 4.42 Å². The Hall–Kier alpha value is -1.13. The van der Waals surface area contributed by atoms with Crippen molar-refractivity contribution in [2.75, 3.05) is 6.54 Å². The van der Waals surface area contributed by atoms with Crippen molar-refractivity contribution in [2.24, 2.45) is 0 Å². The van der Waals surface area contributed by atoms with E-state index in [1.165, 1.54) is 0 Å². The first-order valence-corrected chi connectivity index (χ1v) is 7.06. The summed E-state index contributed by atoms with van der Waals surface area (Å²) in [6.45, 7) is 6.58. The number of halogens is 2. The molecule has 0 saturated carbocycles. The van der Waals surface area contributed by atoms with Crippen molar-refractivity contribution in [3.05, 3.63) is 57.2 Å². The molecule has 2 rings (SSSR count). The van der Waals surface area contributed by atoms with Gasteiger partial charge in [0.05, 0.1) is 12.3 Å². The van der Waals surface area contributed by atoms with E-state index in [0.717, 1.165) is 23.2 Å². The lowest BCUT2D eigenvalue weighted by Crippen LogP contribution is -2.24. The first-order valence-electron chi connectivity index (χ1n) is 6.27. The van der Waals surface area contributed by atoms with Gasteiger partial charge in [0.1, 0.15) is 5.82 Å². The van der Waals surface area contributed by atoms with Crippen LogP contribution in [0, 0.1) is 19.7 Å². The van der Waals surface area contributed by atoms with Crippen LogP contribution in [0.25, 0.3) is 0 Å². The molecule has 0 radical (unpaired) electrons. The largest absolute Gasteiger partial charge is 0.457 e. The topological polar surface area (TPSA) is 25.2 Å². The van der Waals surface area contributed by atoms with Gasteiger partial charge in [0, 0.05) is 11.1 Å². The maximum Gasteiger partial charge on any atom is 0.174 e. The van der Waals surface area contributed by atoms with Crippen LogP contribution in [0.1, 0.15) is 35.2 Å². The molecule has 1 N–H and O–H groups in total. The van der Waals surface area contributed by atoms with Gasteiger partial charge in [-0.3, -0.25) is 0 Å². The molecule has 0 fully saturated rings. The Balaban J connectivity index is 2.54. The average molecular weight is 326 g/mol. The number of aryl methyl sites for hydroxylation is 2. The van der Waals surface area contributed by atoms with E-state index in [2.05, 4.69) is 21.2 Å². The summed E-state index contributed by atoms with van der Waals surface area (Å²) in [4.78, 5) is 0. The molecule has 1 unspecified atom stereocenters. The highest BCUT2D eigenvalue weighted by atomic mass is 79.9. The molecule has 19 heavy (non-hydrogen) atoms. The van der Waals surface area contributed by atoms with Crippen LogP contribution < -0.4 is 5.32 Å². The van der Waals surface area contributed by atoms with Crippen LogP contribution in [0.2, 0.25) is 0 Å². The van der Waals surface area contributed by atoms with Crippen LogP contribution in [-0.2, 0) is 0 Å². The van der Waals surface area contributed by atoms with Crippen molar-refractivity contribution in [1.82, 2.24) is 5.32 Å². The summed E-state index contributed by atoms with van der Waals surface area (Å²) in [7, 11) is 0. The molecule has 2 aromatic rings. The molecule has 0 spiro atoms. The molecule has 102 valence electrons. The smallest absolute Gasteiger partial charge is 0.174 e. The summed E-state index contributed by atoms with van der Waals surface area (Å²) in [5.74, 6) is -0.184. The Kier molecular flexibility index (Phi) is 4.42. The zero-order chi connectivity index (χ0) is 14.0. The van der Waals surface area contributed by atoms with Gasteiger partial charge in [-0.05, 0) is 59.6 Å². The third-order valence-electron chi connectivity index (χ3n) is 3.13. The lowest BCUT2D eigenvalue weighted by Gasteiger charge is -2.21. The lowest BCUT2D eigenvalue weighted by molar-refractivity contribution is 0.517. The minimum atomic E-state index is -0.210. The predicted molar refractivity (Wildman–Crippen MR) is 77.8 cm³/mol. The third kappa shape index (κ3) is 2.90. The van der Waals surface area contributed by atoms with Gasteiger partial charge in [0.15, 0.2) is 4.67 Å². The van der Waals surface area contributed by atoms with E-state index in [0.29, 0.717) is 10.2 Å². The standard InChI is InChI=1S/C15H17BrFNO/c1-4-18-14(11-5-6-19-15(11)16)13-10(3)7-9(2)8-12(13)17/h5-8,14,18H,4H2,1-3H3. The van der Waals surface area contributed by atoms with Crippen molar-refractivity contribution in [2.45, 2.75) is 26.8 Å². The molecule has 1 aromatic heterocycles. The van der Waals surface area contributed by atoms with E-state index >= 15 is 0 Å². The van der Waals surface area contributed by atoms with Gasteiger partial charge in [-0.25, -0.2) is 4.39 Å². The molecule has 2 nitrogen and oxygen atoms in total. The monoisotopic (exact) mass is 325 g/mol. The van der Waals surface area contributed by atoms with Crippen molar-refractivity contribution in [1.29, 1.82) is 0 Å². The molecule has 1 atom stereocenters. The van der Waals surface area contributed by atoms with Crippen LogP contribution in [0.3, 0.4) is 0 Å². The summed E-state index contributed by atoms with van der Waals surface area (Å²) in [6.07, 6.45) is 1.60. The molecule has 0 bridgehead atoms. The number of benzene rings is 1. The molecular formula is C15H17BrFNO.